The van der Waals surface area contributed by atoms with Gasteiger partial charge in [-0.3, -0.25) is 4.90 Å². The van der Waals surface area contributed by atoms with Crippen LogP contribution in [0.2, 0.25) is 0 Å². The van der Waals surface area contributed by atoms with Crippen molar-refractivity contribution in [3.63, 3.8) is 0 Å². The van der Waals surface area contributed by atoms with Crippen LogP contribution in [0.4, 0.5) is 0 Å². The van der Waals surface area contributed by atoms with E-state index in [2.05, 4.69) is 25.7 Å². The highest BCUT2D eigenvalue weighted by molar-refractivity contribution is 4.68. The Balaban J connectivity index is 3.76. The number of hydrogen-bond donors (Lipinski definition) is 1. The monoisotopic (exact) mass is 145 g/mol. The molecule has 2 nitrogen and oxygen atoms in total. The predicted molar refractivity (Wildman–Crippen MR) is 44.1 cm³/mol. The maximum absolute atomic E-state index is 9.21. The molecule has 0 aliphatic rings. The Labute approximate surface area is 63.8 Å². The minimum atomic E-state index is -0.222. The smallest absolute Gasteiger partial charge is 0.0664 e. The van der Waals surface area contributed by atoms with E-state index >= 15 is 0 Å². The first-order chi connectivity index (χ1) is 4.63. The average Bonchev–Trinajstić information content (AvgIpc) is 1.90. The molecule has 0 rings (SSSR count). The summed E-state index contributed by atoms with van der Waals surface area (Å²) in [5.74, 6) is 0. The summed E-state index contributed by atoms with van der Waals surface area (Å²) in [7, 11) is 0. The second kappa shape index (κ2) is 4.69. The van der Waals surface area contributed by atoms with E-state index < -0.39 is 0 Å². The first-order valence-corrected chi connectivity index (χ1v) is 4.05. The Bertz CT molecular complexity index is 79.3. The zero-order valence-corrected chi connectivity index (χ0v) is 7.46. The van der Waals surface area contributed by atoms with Crippen LogP contribution in [-0.4, -0.2) is 35.2 Å². The number of hydrogen-bond acceptors (Lipinski definition) is 2. The molecule has 10 heavy (non-hydrogen) atoms. The molecule has 0 heterocycles. The summed E-state index contributed by atoms with van der Waals surface area (Å²) >= 11 is 0. The van der Waals surface area contributed by atoms with Crippen molar-refractivity contribution < 1.29 is 5.11 Å². The van der Waals surface area contributed by atoms with Gasteiger partial charge >= 0.3 is 0 Å². The molecular weight excluding hydrogens is 126 g/mol. The highest BCUT2D eigenvalue weighted by atomic mass is 16.3. The van der Waals surface area contributed by atoms with Crippen molar-refractivity contribution in [2.45, 2.75) is 39.8 Å². The van der Waals surface area contributed by atoms with Crippen LogP contribution >= 0.6 is 0 Å². The lowest BCUT2D eigenvalue weighted by atomic mass is 10.2. The third-order valence-electron chi connectivity index (χ3n) is 2.09. The van der Waals surface area contributed by atoms with E-state index in [-0.39, 0.29) is 12.1 Å². The topological polar surface area (TPSA) is 23.5 Å². The fourth-order valence-electron chi connectivity index (χ4n) is 1.10. The number of aliphatic hydroxyl groups excluding tert-OH is 1. The van der Waals surface area contributed by atoms with Gasteiger partial charge in [0.1, 0.15) is 0 Å². The molecular formula is C8H19NO. The molecule has 0 aliphatic carbocycles. The van der Waals surface area contributed by atoms with Crippen molar-refractivity contribution >= 4 is 0 Å². The van der Waals surface area contributed by atoms with Gasteiger partial charge in [-0.2, -0.15) is 0 Å². The van der Waals surface area contributed by atoms with Gasteiger partial charge in [0.2, 0.25) is 0 Å². The van der Waals surface area contributed by atoms with Crippen LogP contribution in [-0.2, 0) is 0 Å². The Morgan fingerprint density at radius 1 is 1.20 bits per heavy atom. The van der Waals surface area contributed by atoms with Crippen LogP contribution in [0.3, 0.4) is 0 Å². The SMILES string of the molecule is CCN(CC)C(C)C(C)O. The van der Waals surface area contributed by atoms with Crippen LogP contribution in [0.15, 0.2) is 0 Å². The van der Waals surface area contributed by atoms with Crippen LogP contribution in [0.25, 0.3) is 0 Å². The van der Waals surface area contributed by atoms with Crippen LogP contribution in [0.5, 0.6) is 0 Å². The molecule has 0 amide bonds. The lowest BCUT2D eigenvalue weighted by Gasteiger charge is -2.28. The van der Waals surface area contributed by atoms with Crippen LogP contribution in [0, 0.1) is 0 Å². The molecule has 0 saturated heterocycles. The summed E-state index contributed by atoms with van der Waals surface area (Å²) in [6.07, 6.45) is -0.222. The fraction of sp³-hybridized carbons (Fsp3) is 1.00. The Kier molecular flexibility index (Phi) is 4.65. The van der Waals surface area contributed by atoms with Gasteiger partial charge in [-0.1, -0.05) is 13.8 Å². The van der Waals surface area contributed by atoms with Gasteiger partial charge in [-0.25, -0.2) is 0 Å². The summed E-state index contributed by atoms with van der Waals surface area (Å²) in [5, 5.41) is 9.21. The third-order valence-corrected chi connectivity index (χ3v) is 2.09. The number of likely N-dealkylation sites (N-methyl/N-ethyl adjacent to an activating group) is 1. The minimum absolute atomic E-state index is 0.222. The van der Waals surface area contributed by atoms with Crippen molar-refractivity contribution in [2.75, 3.05) is 13.1 Å². The highest BCUT2D eigenvalue weighted by Crippen LogP contribution is 2.02. The quantitative estimate of drug-likeness (QED) is 0.640. The van der Waals surface area contributed by atoms with E-state index in [9.17, 15) is 5.11 Å². The summed E-state index contributed by atoms with van der Waals surface area (Å²) < 4.78 is 0. The Morgan fingerprint density at radius 2 is 1.60 bits per heavy atom. The zero-order chi connectivity index (χ0) is 8.15. The molecule has 0 aromatic carbocycles. The van der Waals surface area contributed by atoms with E-state index in [1.807, 2.05) is 6.92 Å². The lowest BCUT2D eigenvalue weighted by molar-refractivity contribution is 0.0773. The second-order valence-corrected chi connectivity index (χ2v) is 2.70. The van der Waals surface area contributed by atoms with Gasteiger partial charge in [0, 0.05) is 6.04 Å². The lowest BCUT2D eigenvalue weighted by Crippen LogP contribution is -2.39. The zero-order valence-electron chi connectivity index (χ0n) is 7.46. The maximum atomic E-state index is 9.21. The first-order valence-electron chi connectivity index (χ1n) is 4.05. The van der Waals surface area contributed by atoms with Gasteiger partial charge in [0.25, 0.3) is 0 Å². The fourth-order valence-corrected chi connectivity index (χ4v) is 1.10. The van der Waals surface area contributed by atoms with E-state index in [4.69, 9.17) is 0 Å². The predicted octanol–water partition coefficient (Wildman–Crippen LogP) is 1.10. The molecule has 0 saturated carbocycles. The molecule has 0 aliphatic heterocycles. The molecule has 1 N–H and O–H groups in total. The van der Waals surface area contributed by atoms with E-state index in [0.29, 0.717) is 0 Å². The summed E-state index contributed by atoms with van der Waals surface area (Å²) in [6.45, 7) is 10.1. The average molecular weight is 145 g/mol. The van der Waals surface area contributed by atoms with Gasteiger partial charge < -0.3 is 5.11 Å². The molecule has 2 unspecified atom stereocenters. The number of nitrogens with zero attached hydrogens (tertiary/aromatic N) is 1. The normalized spacial score (nSPS) is 17.4. The van der Waals surface area contributed by atoms with Gasteiger partial charge in [-0.15, -0.1) is 0 Å². The van der Waals surface area contributed by atoms with Crippen LogP contribution in [0.1, 0.15) is 27.7 Å². The molecule has 0 aromatic rings. The summed E-state index contributed by atoms with van der Waals surface area (Å²) in [4.78, 5) is 2.24. The Hall–Kier alpha value is -0.0800. The summed E-state index contributed by atoms with van der Waals surface area (Å²) in [5.41, 5.74) is 0. The van der Waals surface area contributed by atoms with Crippen LogP contribution < -0.4 is 0 Å². The molecule has 0 bridgehead atoms. The standard InChI is InChI=1S/C8H19NO/c1-5-9(6-2)7(3)8(4)10/h7-8,10H,5-6H2,1-4H3. The first kappa shape index (κ1) is 9.92. The van der Waals surface area contributed by atoms with Crippen molar-refractivity contribution in [3.05, 3.63) is 0 Å². The van der Waals surface area contributed by atoms with E-state index in [1.165, 1.54) is 0 Å². The molecule has 2 atom stereocenters. The molecule has 0 spiro atoms. The van der Waals surface area contributed by atoms with E-state index in [0.717, 1.165) is 13.1 Å². The number of aliphatic hydroxyl groups is 1. The van der Waals surface area contributed by atoms with Crippen molar-refractivity contribution in [2.24, 2.45) is 0 Å². The van der Waals surface area contributed by atoms with Gasteiger partial charge in [0.15, 0.2) is 0 Å². The molecule has 0 radical (unpaired) electrons. The molecule has 62 valence electrons. The van der Waals surface area contributed by atoms with Gasteiger partial charge in [-0.05, 0) is 26.9 Å². The molecule has 0 fully saturated rings. The maximum Gasteiger partial charge on any atom is 0.0664 e. The summed E-state index contributed by atoms with van der Waals surface area (Å²) in [6, 6.07) is 0.287. The van der Waals surface area contributed by atoms with Crippen molar-refractivity contribution in [1.29, 1.82) is 0 Å². The second-order valence-electron chi connectivity index (χ2n) is 2.70. The largest absolute Gasteiger partial charge is 0.392 e. The minimum Gasteiger partial charge on any atom is -0.392 e. The number of rotatable bonds is 4. The van der Waals surface area contributed by atoms with Crippen molar-refractivity contribution in [3.8, 4) is 0 Å². The van der Waals surface area contributed by atoms with Crippen molar-refractivity contribution in [1.82, 2.24) is 4.90 Å². The van der Waals surface area contributed by atoms with Gasteiger partial charge in [0.05, 0.1) is 6.10 Å². The molecule has 2 heteroatoms. The highest BCUT2D eigenvalue weighted by Gasteiger charge is 2.14. The van der Waals surface area contributed by atoms with E-state index in [1.54, 1.807) is 0 Å². The third kappa shape index (κ3) is 2.67. The Morgan fingerprint density at radius 3 is 1.70 bits per heavy atom. The molecule has 0 aromatic heterocycles.